The van der Waals surface area contributed by atoms with Gasteiger partial charge in [-0.05, 0) is 17.7 Å². The van der Waals surface area contributed by atoms with Gasteiger partial charge in [-0.3, -0.25) is 4.79 Å². The van der Waals surface area contributed by atoms with Gasteiger partial charge in [0.25, 0.3) is 5.91 Å². The van der Waals surface area contributed by atoms with Crippen LogP contribution in [0.25, 0.3) is 0 Å². The van der Waals surface area contributed by atoms with Gasteiger partial charge >= 0.3 is 0 Å². The zero-order valence-electron chi connectivity index (χ0n) is 17.7. The molecule has 0 saturated heterocycles. The molecule has 3 N–H and O–H groups in total. The van der Waals surface area contributed by atoms with Crippen LogP contribution in [0.4, 0.5) is 14.5 Å². The summed E-state index contributed by atoms with van der Waals surface area (Å²) in [5, 5.41) is 13.0. The highest BCUT2D eigenvalue weighted by Crippen LogP contribution is 2.34. The van der Waals surface area contributed by atoms with Crippen molar-refractivity contribution in [3.05, 3.63) is 77.6 Å². The van der Waals surface area contributed by atoms with Crippen LogP contribution < -0.4 is 14.8 Å². The van der Waals surface area contributed by atoms with Gasteiger partial charge < -0.3 is 19.7 Å². The highest BCUT2D eigenvalue weighted by molar-refractivity contribution is 7.89. The molecule has 2 aromatic carbocycles. The normalized spacial score (nSPS) is 17.1. The predicted molar refractivity (Wildman–Crippen MR) is 131 cm³/mol. The van der Waals surface area contributed by atoms with Gasteiger partial charge in [-0.1, -0.05) is 30.3 Å². The van der Waals surface area contributed by atoms with Crippen LogP contribution in [0.15, 0.2) is 59.6 Å². The summed E-state index contributed by atoms with van der Waals surface area (Å²) < 4.78 is 61.8. The number of benzene rings is 2. The first-order valence-electron chi connectivity index (χ1n) is 9.51. The van der Waals surface area contributed by atoms with Gasteiger partial charge in [-0.25, -0.2) is 21.9 Å². The van der Waals surface area contributed by atoms with Gasteiger partial charge in [-0.2, -0.15) is 27.0 Å². The molecule has 0 unspecified atom stereocenters. The molecule has 0 fully saturated rings. The van der Waals surface area contributed by atoms with Crippen molar-refractivity contribution in [1.82, 2.24) is 9.29 Å². The third-order valence-electron chi connectivity index (χ3n) is 5.02. The Morgan fingerprint density at radius 1 is 1.18 bits per heavy atom. The van der Waals surface area contributed by atoms with E-state index in [1.54, 1.807) is 30.3 Å². The molecule has 0 aliphatic carbocycles. The number of sulfonamides is 1. The average Bonchev–Trinajstić information content (AvgIpc) is 3.04. The molecule has 1 aliphatic rings. The van der Waals surface area contributed by atoms with E-state index in [4.69, 9.17) is 4.74 Å². The second kappa shape index (κ2) is 10.8. The number of hydrogen-bond acceptors (Lipinski definition) is 5. The first kappa shape index (κ1) is 27.7. The van der Waals surface area contributed by atoms with E-state index < -0.39 is 39.7 Å². The Kier molecular flexibility index (Phi) is 8.77. The minimum atomic E-state index is -4.15. The summed E-state index contributed by atoms with van der Waals surface area (Å²) in [4.78, 5) is 12.6. The molecule has 4 rings (SSSR count). The monoisotopic (exact) mass is 531 g/mol. The zero-order chi connectivity index (χ0) is 23.0. The maximum absolute atomic E-state index is 13.5. The van der Waals surface area contributed by atoms with Gasteiger partial charge in [0.1, 0.15) is 11.5 Å². The Morgan fingerprint density at radius 2 is 1.85 bits per heavy atom. The van der Waals surface area contributed by atoms with Crippen molar-refractivity contribution >= 4 is 48.6 Å². The van der Waals surface area contributed by atoms with Gasteiger partial charge in [0.05, 0.1) is 12.1 Å². The topological polar surface area (TPSA) is 110 Å². The van der Waals surface area contributed by atoms with Crippen LogP contribution in [0.2, 0.25) is 0 Å². The number of halogens is 2. The van der Waals surface area contributed by atoms with Crippen LogP contribution in [-0.2, 0) is 17.1 Å². The molecule has 2 atom stereocenters. The Balaban J connectivity index is 0.00000204. The quantitative estimate of drug-likeness (QED) is 0.480. The molecule has 0 bridgehead atoms. The van der Waals surface area contributed by atoms with Crippen molar-refractivity contribution in [3.8, 4) is 5.75 Å². The summed E-state index contributed by atoms with van der Waals surface area (Å²) in [5.74, 6) is -3.20. The van der Waals surface area contributed by atoms with Crippen LogP contribution in [0.1, 0.15) is 22.2 Å². The fourth-order valence-corrected chi connectivity index (χ4v) is 4.86. The fraction of sp³-hybridized carbons (Fsp3) is 0.190. The number of nitrogens with zero attached hydrogens (tertiary/aromatic N) is 1. The van der Waals surface area contributed by atoms with Crippen molar-refractivity contribution in [3.63, 3.8) is 0 Å². The molecule has 34 heavy (non-hydrogen) atoms. The molecule has 2 heterocycles. The molecule has 0 spiro atoms. The van der Waals surface area contributed by atoms with Gasteiger partial charge in [-0.15, -0.1) is 0 Å². The highest BCUT2D eigenvalue weighted by atomic mass is 32.2. The first-order valence-corrected chi connectivity index (χ1v) is 11.0. The molecule has 184 valence electrons. The smallest absolute Gasteiger partial charge is 0.276 e. The molecular weight excluding hydrogens is 508 g/mol. The predicted octanol–water partition coefficient (Wildman–Crippen LogP) is 2.55. The van der Waals surface area contributed by atoms with Crippen molar-refractivity contribution in [1.29, 1.82) is 0 Å². The van der Waals surface area contributed by atoms with Crippen LogP contribution in [0.3, 0.4) is 0 Å². The Morgan fingerprint density at radius 3 is 2.50 bits per heavy atom. The number of anilines is 1. The summed E-state index contributed by atoms with van der Waals surface area (Å²) in [6, 6.07) is 10.3. The van der Waals surface area contributed by atoms with E-state index >= 15 is 0 Å². The van der Waals surface area contributed by atoms with E-state index in [9.17, 15) is 27.1 Å². The number of fused-ring (bicyclic) bond motifs is 1. The SMILES string of the molecule is Cn1cc2c(c1C(=O)Nc1ccc(F)c(F)c1)OC[C@@H]([C@@H](O)c1ccccc1)NS2(=O)=O.S.S. The number of carbonyl (C=O) groups is 1. The van der Waals surface area contributed by atoms with E-state index in [2.05, 4.69) is 10.0 Å². The molecule has 13 heteroatoms. The van der Waals surface area contributed by atoms with Crippen LogP contribution in [-0.4, -0.2) is 36.6 Å². The number of hydrogen-bond donors (Lipinski definition) is 3. The maximum atomic E-state index is 13.5. The second-order valence-electron chi connectivity index (χ2n) is 7.26. The lowest BCUT2D eigenvalue weighted by Crippen LogP contribution is -2.41. The van der Waals surface area contributed by atoms with E-state index in [0.717, 1.165) is 12.1 Å². The Hall–Kier alpha value is -2.58. The number of aliphatic hydroxyl groups is 1. The van der Waals surface area contributed by atoms with Gasteiger partial charge in [0.15, 0.2) is 23.1 Å². The molecule has 3 aromatic rings. The first-order chi connectivity index (χ1) is 15.2. The standard InChI is InChI=1S/C21H19F2N3O5S.2H2S/c1-26-10-17-20(18(26)21(28)24-13-7-8-14(22)15(23)9-13)31-11-16(25-32(17,29)30)19(27)12-5-3-2-4-6-12;;/h2-10,16,19,25,27H,11H2,1H3,(H,24,28);2*1H2/t16-,19-;;/m0../s1. The van der Waals surface area contributed by atoms with E-state index in [0.29, 0.717) is 5.56 Å². The van der Waals surface area contributed by atoms with Crippen LogP contribution in [0, 0.1) is 11.6 Å². The van der Waals surface area contributed by atoms with E-state index in [1.165, 1.54) is 23.9 Å². The lowest BCUT2D eigenvalue weighted by Gasteiger charge is -2.21. The van der Waals surface area contributed by atoms with Crippen molar-refractivity contribution < 1.29 is 31.8 Å². The number of amides is 1. The number of nitrogens with one attached hydrogen (secondary N) is 2. The highest BCUT2D eigenvalue weighted by Gasteiger charge is 2.37. The van der Waals surface area contributed by atoms with Crippen LogP contribution in [0.5, 0.6) is 5.75 Å². The van der Waals surface area contributed by atoms with Crippen molar-refractivity contribution in [2.24, 2.45) is 7.05 Å². The van der Waals surface area contributed by atoms with Crippen LogP contribution >= 0.6 is 27.0 Å². The molecule has 8 nitrogen and oxygen atoms in total. The third-order valence-corrected chi connectivity index (χ3v) is 6.50. The third kappa shape index (κ3) is 5.39. The minimum absolute atomic E-state index is 0. The summed E-state index contributed by atoms with van der Waals surface area (Å²) in [7, 11) is -2.70. The van der Waals surface area contributed by atoms with Crippen molar-refractivity contribution in [2.45, 2.75) is 17.0 Å². The lowest BCUT2D eigenvalue weighted by molar-refractivity contribution is 0.0996. The second-order valence-corrected chi connectivity index (χ2v) is 8.94. The molecule has 1 aromatic heterocycles. The van der Waals surface area contributed by atoms with E-state index in [1.807, 2.05) is 0 Å². The summed E-state index contributed by atoms with van der Waals surface area (Å²) in [6.07, 6.45) is 0.0120. The maximum Gasteiger partial charge on any atom is 0.276 e. The summed E-state index contributed by atoms with van der Waals surface area (Å²) in [5.41, 5.74) is 0.341. The lowest BCUT2D eigenvalue weighted by atomic mass is 10.0. The molecule has 1 aliphatic heterocycles. The average molecular weight is 532 g/mol. The fourth-order valence-electron chi connectivity index (χ4n) is 3.44. The Bertz CT molecular complexity index is 1290. The Labute approximate surface area is 208 Å². The molecule has 0 radical (unpaired) electrons. The largest absolute Gasteiger partial charge is 0.488 e. The number of rotatable bonds is 4. The minimum Gasteiger partial charge on any atom is -0.488 e. The van der Waals surface area contributed by atoms with Crippen molar-refractivity contribution in [2.75, 3.05) is 11.9 Å². The van der Waals surface area contributed by atoms with Gasteiger partial charge in [0, 0.05) is 25.0 Å². The number of aliphatic hydroxyl groups excluding tert-OH is 1. The number of aryl methyl sites for hydroxylation is 1. The summed E-state index contributed by atoms with van der Waals surface area (Å²) in [6.45, 7) is -0.252. The zero-order valence-corrected chi connectivity index (χ0v) is 20.6. The number of ether oxygens (including phenoxy) is 1. The molecular formula is C21H23F2N3O5S3. The number of aromatic nitrogens is 1. The van der Waals surface area contributed by atoms with Gasteiger partial charge in [0.2, 0.25) is 10.0 Å². The number of carbonyl (C=O) groups excluding carboxylic acids is 1. The molecule has 0 saturated carbocycles. The van der Waals surface area contributed by atoms with E-state index in [-0.39, 0.29) is 55.6 Å². The molecule has 1 amide bonds. The summed E-state index contributed by atoms with van der Waals surface area (Å²) >= 11 is 0.